The van der Waals surface area contributed by atoms with Crippen molar-refractivity contribution in [2.24, 2.45) is 0 Å². The van der Waals surface area contributed by atoms with Crippen molar-refractivity contribution in [3.63, 3.8) is 0 Å². The third-order valence-electron chi connectivity index (χ3n) is 1.46. The lowest BCUT2D eigenvalue weighted by atomic mass is 10.1. The number of rotatable bonds is 3. The molecule has 0 unspecified atom stereocenters. The zero-order valence-electron chi connectivity index (χ0n) is 7.23. The van der Waals surface area contributed by atoms with Crippen molar-refractivity contribution < 1.29 is 21.3 Å². The van der Waals surface area contributed by atoms with E-state index in [2.05, 4.69) is 4.18 Å². The van der Waals surface area contributed by atoms with Crippen molar-refractivity contribution in [2.45, 2.75) is 6.92 Å². The molecule has 0 N–H and O–H groups in total. The van der Waals surface area contributed by atoms with Crippen LogP contribution in [-0.4, -0.2) is 14.2 Å². The molecule has 0 aromatic heterocycles. The van der Waals surface area contributed by atoms with Crippen LogP contribution in [0.5, 0.6) is 5.75 Å². The zero-order chi connectivity index (χ0) is 10.8. The molecule has 1 aromatic rings. The highest BCUT2D eigenvalue weighted by Gasteiger charge is 2.09. The van der Waals surface area contributed by atoms with Gasteiger partial charge in [-0.2, -0.15) is 8.42 Å². The Balaban J connectivity index is 2.90. The predicted molar refractivity (Wildman–Crippen MR) is 47.1 cm³/mol. The smallest absolute Gasteiger partial charge is 0.358 e. The van der Waals surface area contributed by atoms with Gasteiger partial charge in [-0.3, -0.25) is 4.79 Å². The Labute approximate surface area is 80.7 Å². The molecule has 0 radical (unpaired) electrons. The zero-order valence-corrected chi connectivity index (χ0v) is 8.05. The molecule has 0 heterocycles. The van der Waals surface area contributed by atoms with Gasteiger partial charge in [0.25, 0.3) is 0 Å². The molecule has 76 valence electrons. The third-order valence-corrected chi connectivity index (χ3v) is 1.85. The number of halogens is 1. The van der Waals surface area contributed by atoms with Crippen molar-refractivity contribution in [3.05, 3.63) is 29.8 Å². The number of benzene rings is 1. The summed E-state index contributed by atoms with van der Waals surface area (Å²) in [5.41, 5.74) is 0.397. The van der Waals surface area contributed by atoms with Crippen molar-refractivity contribution in [1.82, 2.24) is 0 Å². The minimum Gasteiger partial charge on any atom is -0.358 e. The maximum Gasteiger partial charge on any atom is 0.488 e. The molecule has 0 fully saturated rings. The van der Waals surface area contributed by atoms with Crippen molar-refractivity contribution in [3.8, 4) is 5.75 Å². The fourth-order valence-corrected chi connectivity index (χ4v) is 1.20. The second kappa shape index (κ2) is 3.75. The summed E-state index contributed by atoms with van der Waals surface area (Å²) < 4.78 is 36.1. The van der Waals surface area contributed by atoms with Gasteiger partial charge in [-0.15, -0.1) is 0 Å². The molecule has 0 saturated heterocycles. The molecule has 0 amide bonds. The van der Waals surface area contributed by atoms with Gasteiger partial charge in [0.2, 0.25) is 0 Å². The van der Waals surface area contributed by atoms with Crippen LogP contribution in [0.4, 0.5) is 3.89 Å². The highest BCUT2D eigenvalue weighted by Crippen LogP contribution is 2.14. The highest BCUT2D eigenvalue weighted by molar-refractivity contribution is 7.81. The lowest BCUT2D eigenvalue weighted by Crippen LogP contribution is -2.01. The molecular formula is C8H7FO4S. The molecule has 0 saturated carbocycles. The van der Waals surface area contributed by atoms with E-state index in [1.165, 1.54) is 31.2 Å². The molecule has 0 aliphatic carbocycles. The van der Waals surface area contributed by atoms with Gasteiger partial charge >= 0.3 is 10.5 Å². The average molecular weight is 218 g/mol. The molecule has 0 aliphatic heterocycles. The first-order valence-electron chi connectivity index (χ1n) is 3.63. The normalized spacial score (nSPS) is 11.0. The Kier molecular flexibility index (Phi) is 2.85. The Bertz CT molecular complexity index is 435. The van der Waals surface area contributed by atoms with Crippen LogP contribution in [0.15, 0.2) is 24.3 Å². The van der Waals surface area contributed by atoms with Crippen LogP contribution in [0.25, 0.3) is 0 Å². The van der Waals surface area contributed by atoms with Gasteiger partial charge in [0.1, 0.15) is 5.75 Å². The van der Waals surface area contributed by atoms with E-state index in [0.29, 0.717) is 5.56 Å². The second-order valence-electron chi connectivity index (χ2n) is 2.56. The monoisotopic (exact) mass is 218 g/mol. The molecule has 1 rings (SSSR count). The summed E-state index contributed by atoms with van der Waals surface area (Å²) in [4.78, 5) is 10.8. The second-order valence-corrected chi connectivity index (χ2v) is 3.51. The van der Waals surface area contributed by atoms with Crippen LogP contribution in [0.1, 0.15) is 17.3 Å². The average Bonchev–Trinajstić information content (AvgIpc) is 2.02. The minimum atomic E-state index is -5.00. The van der Waals surface area contributed by atoms with Crippen LogP contribution in [0.3, 0.4) is 0 Å². The fourth-order valence-electron chi connectivity index (χ4n) is 0.860. The molecule has 6 heteroatoms. The standard InChI is InChI=1S/C8H7FO4S/c1-6(10)7-2-4-8(5-3-7)13-14(9,11)12/h2-5H,1H3. The van der Waals surface area contributed by atoms with E-state index in [1.807, 2.05) is 0 Å². The van der Waals surface area contributed by atoms with E-state index in [4.69, 9.17) is 0 Å². The summed E-state index contributed by atoms with van der Waals surface area (Å²) in [6.45, 7) is 1.36. The fraction of sp³-hybridized carbons (Fsp3) is 0.125. The van der Waals surface area contributed by atoms with E-state index in [1.54, 1.807) is 0 Å². The summed E-state index contributed by atoms with van der Waals surface area (Å²) in [5.74, 6) is -0.336. The minimum absolute atomic E-state index is 0.167. The van der Waals surface area contributed by atoms with Gasteiger partial charge in [0.05, 0.1) is 0 Å². The first-order valence-corrected chi connectivity index (χ1v) is 4.94. The molecule has 0 aliphatic rings. The van der Waals surface area contributed by atoms with Gasteiger partial charge in [0, 0.05) is 5.56 Å². The quantitative estimate of drug-likeness (QED) is 0.569. The summed E-state index contributed by atoms with van der Waals surface area (Å²) in [6.07, 6.45) is 0. The topological polar surface area (TPSA) is 60.4 Å². The van der Waals surface area contributed by atoms with Crippen LogP contribution >= 0.6 is 0 Å². The Morgan fingerprint density at radius 1 is 1.29 bits per heavy atom. The molecular weight excluding hydrogens is 211 g/mol. The lowest BCUT2D eigenvalue weighted by molar-refractivity contribution is 0.101. The van der Waals surface area contributed by atoms with E-state index < -0.39 is 10.5 Å². The number of hydrogen-bond acceptors (Lipinski definition) is 4. The SMILES string of the molecule is CC(=O)c1ccc(OS(=O)(=O)F)cc1. The highest BCUT2D eigenvalue weighted by atomic mass is 32.3. The van der Waals surface area contributed by atoms with E-state index in [-0.39, 0.29) is 11.5 Å². The molecule has 0 bridgehead atoms. The number of hydrogen-bond donors (Lipinski definition) is 0. The van der Waals surface area contributed by atoms with Crippen LogP contribution in [0.2, 0.25) is 0 Å². The molecule has 1 aromatic carbocycles. The third kappa shape index (κ3) is 3.14. The predicted octanol–water partition coefficient (Wildman–Crippen LogP) is 1.48. The molecule has 0 atom stereocenters. The number of Topliss-reactive ketones (excluding diaryl/α,β-unsaturated/α-hetero) is 1. The van der Waals surface area contributed by atoms with E-state index in [0.717, 1.165) is 0 Å². The first-order chi connectivity index (χ1) is 6.38. The lowest BCUT2D eigenvalue weighted by Gasteiger charge is -2.00. The molecule has 0 spiro atoms. The Morgan fingerprint density at radius 3 is 2.14 bits per heavy atom. The summed E-state index contributed by atoms with van der Waals surface area (Å²) in [6, 6.07) is 5.10. The molecule has 14 heavy (non-hydrogen) atoms. The van der Waals surface area contributed by atoms with Crippen LogP contribution < -0.4 is 4.18 Å². The Morgan fingerprint density at radius 2 is 1.79 bits per heavy atom. The molecule has 4 nitrogen and oxygen atoms in total. The maximum absolute atomic E-state index is 12.0. The van der Waals surface area contributed by atoms with Crippen molar-refractivity contribution in [2.75, 3.05) is 0 Å². The van der Waals surface area contributed by atoms with E-state index >= 15 is 0 Å². The largest absolute Gasteiger partial charge is 0.488 e. The first kappa shape index (κ1) is 10.6. The van der Waals surface area contributed by atoms with Crippen LogP contribution in [0, 0.1) is 0 Å². The summed E-state index contributed by atoms with van der Waals surface area (Å²) in [7, 11) is -5.00. The van der Waals surface area contributed by atoms with Gasteiger partial charge in [-0.25, -0.2) is 0 Å². The maximum atomic E-state index is 12.0. The number of ketones is 1. The van der Waals surface area contributed by atoms with Crippen LogP contribution in [-0.2, 0) is 10.5 Å². The van der Waals surface area contributed by atoms with Crippen molar-refractivity contribution in [1.29, 1.82) is 0 Å². The van der Waals surface area contributed by atoms with E-state index in [9.17, 15) is 17.1 Å². The summed E-state index contributed by atoms with van der Waals surface area (Å²) >= 11 is 0. The number of carbonyl (C=O) groups excluding carboxylic acids is 1. The summed E-state index contributed by atoms with van der Waals surface area (Å²) in [5, 5.41) is 0. The van der Waals surface area contributed by atoms with Gasteiger partial charge < -0.3 is 4.18 Å². The number of carbonyl (C=O) groups is 1. The van der Waals surface area contributed by atoms with Gasteiger partial charge in [0.15, 0.2) is 5.78 Å². The van der Waals surface area contributed by atoms with Gasteiger partial charge in [-0.05, 0) is 31.2 Å². The van der Waals surface area contributed by atoms with Gasteiger partial charge in [-0.1, -0.05) is 3.89 Å². The Hall–Kier alpha value is -1.43. The van der Waals surface area contributed by atoms with Crippen molar-refractivity contribution >= 4 is 16.3 Å².